The average molecular weight is 127 g/mol. The monoisotopic (exact) mass is 127 g/mol. The van der Waals surface area contributed by atoms with Gasteiger partial charge >= 0.3 is 0 Å². The van der Waals surface area contributed by atoms with Crippen LogP contribution in [0, 0.1) is 11.9 Å². The van der Waals surface area contributed by atoms with E-state index in [4.69, 9.17) is 10.2 Å². The second-order valence-corrected chi connectivity index (χ2v) is 1.57. The first-order chi connectivity index (χ1) is 4.18. The summed E-state index contributed by atoms with van der Waals surface area (Å²) in [4.78, 5) is 0. The highest BCUT2D eigenvalue weighted by atomic mass is 19.1. The Labute approximate surface area is 51.2 Å². The van der Waals surface area contributed by atoms with Gasteiger partial charge in [-0.3, -0.25) is 0 Å². The molecule has 2 N–H and O–H groups in total. The van der Waals surface area contributed by atoms with Crippen LogP contribution < -0.4 is 0 Å². The lowest BCUT2D eigenvalue weighted by Crippen LogP contribution is -1.72. The first-order valence-electron chi connectivity index (χ1n) is 2.29. The van der Waals surface area contributed by atoms with E-state index in [1.165, 1.54) is 0 Å². The molecule has 1 rings (SSSR count). The Hall–Kier alpha value is -1.25. The van der Waals surface area contributed by atoms with Gasteiger partial charge in [0, 0.05) is 12.1 Å². The van der Waals surface area contributed by atoms with Crippen LogP contribution in [0.2, 0.25) is 0 Å². The standard InChI is InChI=1S/C6H4FO2/c7-4-1-5(8)3-6(9)2-4/h1-2,8-9H. The molecule has 1 radical (unpaired) electrons. The number of phenols is 2. The van der Waals surface area contributed by atoms with Crippen LogP contribution in [0.5, 0.6) is 11.5 Å². The largest absolute Gasteiger partial charge is 0.507 e. The summed E-state index contributed by atoms with van der Waals surface area (Å²) in [5.41, 5.74) is 0. The predicted molar refractivity (Wildman–Crippen MR) is 28.6 cm³/mol. The average Bonchev–Trinajstić information content (AvgIpc) is 1.59. The number of hydrogen-bond acceptors (Lipinski definition) is 2. The molecule has 9 heavy (non-hydrogen) atoms. The fourth-order valence-corrected chi connectivity index (χ4v) is 0.506. The van der Waals surface area contributed by atoms with Crippen molar-refractivity contribution in [2.75, 3.05) is 0 Å². The molecule has 0 aromatic heterocycles. The normalized spacial score (nSPS) is 9.44. The third kappa shape index (κ3) is 1.32. The Morgan fingerprint density at radius 1 is 1.22 bits per heavy atom. The van der Waals surface area contributed by atoms with E-state index in [1.807, 2.05) is 0 Å². The number of hydrogen-bond donors (Lipinski definition) is 2. The maximum Gasteiger partial charge on any atom is 0.130 e. The SMILES string of the molecule is Oc1[c]c(O)cc(F)c1. The molecule has 0 aliphatic heterocycles. The lowest BCUT2D eigenvalue weighted by molar-refractivity contribution is 0.439. The summed E-state index contributed by atoms with van der Waals surface area (Å²) < 4.78 is 12.1. The maximum atomic E-state index is 12.1. The Morgan fingerprint density at radius 2 is 1.67 bits per heavy atom. The minimum absolute atomic E-state index is 0.396. The minimum Gasteiger partial charge on any atom is -0.507 e. The molecular weight excluding hydrogens is 123 g/mol. The van der Waals surface area contributed by atoms with Crippen molar-refractivity contribution in [1.82, 2.24) is 0 Å². The van der Waals surface area contributed by atoms with E-state index in [1.54, 1.807) is 0 Å². The van der Waals surface area contributed by atoms with Crippen molar-refractivity contribution in [3.05, 3.63) is 24.0 Å². The molecule has 0 unspecified atom stereocenters. The molecule has 0 spiro atoms. The molecule has 0 aliphatic rings. The van der Waals surface area contributed by atoms with Gasteiger partial charge in [0.05, 0.1) is 6.07 Å². The van der Waals surface area contributed by atoms with Crippen molar-refractivity contribution >= 4 is 0 Å². The number of aromatic hydroxyl groups is 2. The first kappa shape index (κ1) is 5.88. The molecule has 0 fully saturated rings. The smallest absolute Gasteiger partial charge is 0.130 e. The van der Waals surface area contributed by atoms with Crippen molar-refractivity contribution in [3.63, 3.8) is 0 Å². The van der Waals surface area contributed by atoms with Gasteiger partial charge in [-0.2, -0.15) is 0 Å². The van der Waals surface area contributed by atoms with Crippen molar-refractivity contribution in [2.45, 2.75) is 0 Å². The molecule has 1 aromatic carbocycles. The summed E-state index contributed by atoms with van der Waals surface area (Å²) in [6.45, 7) is 0. The summed E-state index contributed by atoms with van der Waals surface area (Å²) >= 11 is 0. The molecule has 3 heteroatoms. The van der Waals surface area contributed by atoms with Crippen LogP contribution in [-0.4, -0.2) is 10.2 Å². The zero-order valence-corrected chi connectivity index (χ0v) is 4.43. The van der Waals surface area contributed by atoms with Gasteiger partial charge in [0.1, 0.15) is 17.3 Å². The molecule has 2 nitrogen and oxygen atoms in total. The van der Waals surface area contributed by atoms with Gasteiger partial charge in [0.15, 0.2) is 0 Å². The summed E-state index contributed by atoms with van der Waals surface area (Å²) in [6, 6.07) is 3.80. The molecule has 0 saturated carbocycles. The van der Waals surface area contributed by atoms with Crippen molar-refractivity contribution in [3.8, 4) is 11.5 Å². The zero-order chi connectivity index (χ0) is 6.85. The Bertz CT molecular complexity index is 172. The molecule has 0 bridgehead atoms. The van der Waals surface area contributed by atoms with Gasteiger partial charge in [-0.25, -0.2) is 4.39 Å². The summed E-state index contributed by atoms with van der Waals surface area (Å²) in [6.07, 6.45) is 0. The van der Waals surface area contributed by atoms with Gasteiger partial charge < -0.3 is 10.2 Å². The first-order valence-corrected chi connectivity index (χ1v) is 2.29. The van der Waals surface area contributed by atoms with E-state index < -0.39 is 17.3 Å². The molecule has 0 amide bonds. The van der Waals surface area contributed by atoms with Crippen LogP contribution in [0.15, 0.2) is 12.1 Å². The van der Waals surface area contributed by atoms with Gasteiger partial charge in [0.25, 0.3) is 0 Å². The third-order valence-electron chi connectivity index (χ3n) is 0.805. The van der Waals surface area contributed by atoms with E-state index >= 15 is 0 Å². The number of phenolic OH excluding ortho intramolecular Hbond substituents is 2. The van der Waals surface area contributed by atoms with E-state index in [0.717, 1.165) is 12.1 Å². The topological polar surface area (TPSA) is 40.5 Å². The molecular formula is C6H4FO2. The van der Waals surface area contributed by atoms with E-state index in [9.17, 15) is 4.39 Å². The highest BCUT2D eigenvalue weighted by Crippen LogP contribution is 2.17. The minimum atomic E-state index is -0.677. The second kappa shape index (κ2) is 1.93. The number of halogens is 1. The lowest BCUT2D eigenvalue weighted by Gasteiger charge is -1.91. The van der Waals surface area contributed by atoms with Gasteiger partial charge in [-0.1, -0.05) is 0 Å². The lowest BCUT2D eigenvalue weighted by atomic mass is 10.3. The van der Waals surface area contributed by atoms with E-state index in [0.29, 0.717) is 0 Å². The molecule has 0 atom stereocenters. The van der Waals surface area contributed by atoms with Crippen LogP contribution in [0.3, 0.4) is 0 Å². The maximum absolute atomic E-state index is 12.1. The highest BCUT2D eigenvalue weighted by molar-refractivity contribution is 5.29. The van der Waals surface area contributed by atoms with Crippen LogP contribution >= 0.6 is 0 Å². The number of benzene rings is 1. The fraction of sp³-hybridized carbons (Fsp3) is 0. The van der Waals surface area contributed by atoms with Crippen LogP contribution in [0.1, 0.15) is 0 Å². The van der Waals surface area contributed by atoms with Crippen LogP contribution in [-0.2, 0) is 0 Å². The molecule has 47 valence electrons. The zero-order valence-electron chi connectivity index (χ0n) is 4.43. The number of rotatable bonds is 0. The van der Waals surface area contributed by atoms with Crippen LogP contribution in [0.25, 0.3) is 0 Å². The van der Waals surface area contributed by atoms with E-state index in [-0.39, 0.29) is 0 Å². The Balaban J connectivity index is 3.17. The molecule has 1 aromatic rings. The second-order valence-electron chi connectivity index (χ2n) is 1.57. The van der Waals surface area contributed by atoms with Gasteiger partial charge in [-0.05, 0) is 0 Å². The van der Waals surface area contributed by atoms with E-state index in [2.05, 4.69) is 6.07 Å². The molecule has 0 saturated heterocycles. The third-order valence-corrected chi connectivity index (χ3v) is 0.805. The molecule has 0 heterocycles. The summed E-state index contributed by atoms with van der Waals surface area (Å²) in [5, 5.41) is 17.1. The fourth-order valence-electron chi connectivity index (χ4n) is 0.506. The summed E-state index contributed by atoms with van der Waals surface area (Å²) in [5.74, 6) is -1.47. The highest BCUT2D eigenvalue weighted by Gasteiger charge is 1.95. The van der Waals surface area contributed by atoms with Gasteiger partial charge in [-0.15, -0.1) is 0 Å². The Morgan fingerprint density at radius 3 is 2.00 bits per heavy atom. The van der Waals surface area contributed by atoms with Crippen molar-refractivity contribution < 1.29 is 14.6 Å². The summed E-state index contributed by atoms with van der Waals surface area (Å²) in [7, 11) is 0. The molecule has 0 aliphatic carbocycles. The van der Waals surface area contributed by atoms with Crippen molar-refractivity contribution in [1.29, 1.82) is 0 Å². The van der Waals surface area contributed by atoms with Crippen LogP contribution in [0.4, 0.5) is 4.39 Å². The van der Waals surface area contributed by atoms with Crippen molar-refractivity contribution in [2.24, 2.45) is 0 Å². The predicted octanol–water partition coefficient (Wildman–Crippen LogP) is 1.04. The van der Waals surface area contributed by atoms with Gasteiger partial charge in [0.2, 0.25) is 0 Å². The quantitative estimate of drug-likeness (QED) is 0.546. The Kier molecular flexibility index (Phi) is 1.26.